The van der Waals surface area contributed by atoms with Gasteiger partial charge < -0.3 is 9.73 Å². The van der Waals surface area contributed by atoms with Crippen molar-refractivity contribution in [3.05, 3.63) is 100 Å². The van der Waals surface area contributed by atoms with Crippen molar-refractivity contribution in [2.45, 2.75) is 25.1 Å². The number of furan rings is 1. The van der Waals surface area contributed by atoms with Gasteiger partial charge in [0, 0.05) is 5.69 Å². The van der Waals surface area contributed by atoms with Gasteiger partial charge in [0.1, 0.15) is 22.4 Å². The second-order valence-electron chi connectivity index (χ2n) is 7.36. The Morgan fingerprint density at radius 2 is 1.88 bits per heavy atom. The molecule has 6 nitrogen and oxygen atoms in total. The first-order valence-corrected chi connectivity index (χ1v) is 11.0. The molecule has 1 aromatic heterocycles. The third-order valence-corrected chi connectivity index (χ3v) is 6.33. The highest BCUT2D eigenvalue weighted by molar-refractivity contribution is 8.05. The molecule has 1 N–H and O–H groups in total. The standard InChI is InChI=1S/C25H21N3O3S/c1-17-9-11-19(12-10-17)28-24(30)22(14-18-6-3-2-4-7-18)32-25(28)21(15-26)23(29)27-16-20-8-5-13-31-20/h2-13,22H,14,16H2,1H3,(H,27,29)/b25-21-/t22-/m1/s1. The van der Waals surface area contributed by atoms with E-state index in [9.17, 15) is 14.9 Å². The van der Waals surface area contributed by atoms with Crippen LogP contribution in [-0.4, -0.2) is 17.1 Å². The van der Waals surface area contributed by atoms with E-state index in [2.05, 4.69) is 5.32 Å². The lowest BCUT2D eigenvalue weighted by Gasteiger charge is -2.19. The summed E-state index contributed by atoms with van der Waals surface area (Å²) in [6.07, 6.45) is 2.02. The van der Waals surface area contributed by atoms with Crippen molar-refractivity contribution in [2.75, 3.05) is 4.90 Å². The van der Waals surface area contributed by atoms with Gasteiger partial charge in [-0.05, 0) is 43.2 Å². The Balaban J connectivity index is 1.67. The fraction of sp³-hybridized carbons (Fsp3) is 0.160. The predicted molar refractivity (Wildman–Crippen MR) is 123 cm³/mol. The van der Waals surface area contributed by atoms with Crippen LogP contribution in [0.25, 0.3) is 0 Å². The normalized spacial score (nSPS) is 17.2. The molecule has 32 heavy (non-hydrogen) atoms. The van der Waals surface area contributed by atoms with Gasteiger partial charge in [-0.2, -0.15) is 5.26 Å². The van der Waals surface area contributed by atoms with Gasteiger partial charge in [-0.1, -0.05) is 59.8 Å². The summed E-state index contributed by atoms with van der Waals surface area (Å²) in [4.78, 5) is 27.8. The van der Waals surface area contributed by atoms with Crippen molar-refractivity contribution in [3.63, 3.8) is 0 Å². The van der Waals surface area contributed by atoms with Gasteiger partial charge in [0.05, 0.1) is 18.1 Å². The molecule has 3 aromatic rings. The van der Waals surface area contributed by atoms with E-state index in [0.29, 0.717) is 22.9 Å². The van der Waals surface area contributed by atoms with Crippen molar-refractivity contribution < 1.29 is 14.0 Å². The fourth-order valence-electron chi connectivity index (χ4n) is 3.41. The zero-order valence-corrected chi connectivity index (χ0v) is 18.3. The van der Waals surface area contributed by atoms with Crippen molar-refractivity contribution in [1.82, 2.24) is 5.32 Å². The van der Waals surface area contributed by atoms with Gasteiger partial charge in [0.2, 0.25) is 5.91 Å². The van der Waals surface area contributed by atoms with Crippen molar-refractivity contribution in [1.29, 1.82) is 5.26 Å². The number of benzene rings is 2. The van der Waals surface area contributed by atoms with Crippen LogP contribution in [0.5, 0.6) is 0 Å². The Morgan fingerprint density at radius 1 is 1.12 bits per heavy atom. The SMILES string of the molecule is Cc1ccc(N2C(=O)[C@@H](Cc3ccccc3)S/C2=C(/C#N)C(=O)NCc2ccco2)cc1. The van der Waals surface area contributed by atoms with Crippen LogP contribution in [0.3, 0.4) is 0 Å². The van der Waals surface area contributed by atoms with Crippen LogP contribution < -0.4 is 10.2 Å². The first-order chi connectivity index (χ1) is 15.6. The number of carbonyl (C=O) groups is 2. The molecule has 2 heterocycles. The lowest BCUT2D eigenvalue weighted by Crippen LogP contribution is -2.32. The maximum atomic E-state index is 13.4. The van der Waals surface area contributed by atoms with E-state index in [1.807, 2.05) is 67.6 Å². The number of amides is 2. The largest absolute Gasteiger partial charge is 0.467 e. The van der Waals surface area contributed by atoms with Gasteiger partial charge in [0.15, 0.2) is 0 Å². The fourth-order valence-corrected chi connectivity index (χ4v) is 4.72. The molecule has 4 rings (SSSR count). The summed E-state index contributed by atoms with van der Waals surface area (Å²) in [5.74, 6) is -0.117. The zero-order valence-electron chi connectivity index (χ0n) is 17.4. The minimum absolute atomic E-state index is 0.0916. The number of rotatable bonds is 6. The lowest BCUT2D eigenvalue weighted by molar-refractivity contribution is -0.117. The Morgan fingerprint density at radius 3 is 2.53 bits per heavy atom. The number of nitrogens with one attached hydrogen (secondary N) is 1. The molecule has 1 aliphatic heterocycles. The molecule has 2 amide bonds. The molecular weight excluding hydrogens is 422 g/mol. The summed E-state index contributed by atoms with van der Waals surface area (Å²) in [5.41, 5.74) is 2.61. The molecule has 0 spiro atoms. The van der Waals surface area contributed by atoms with E-state index < -0.39 is 11.2 Å². The number of nitrogens with zero attached hydrogens (tertiary/aromatic N) is 2. The smallest absolute Gasteiger partial charge is 0.265 e. The van der Waals surface area contributed by atoms with Crippen LogP contribution in [-0.2, 0) is 22.6 Å². The second-order valence-corrected chi connectivity index (χ2v) is 8.55. The Kier molecular flexibility index (Phi) is 6.43. The summed E-state index contributed by atoms with van der Waals surface area (Å²) in [6, 6.07) is 22.6. The number of thioether (sulfide) groups is 1. The van der Waals surface area contributed by atoms with E-state index in [0.717, 1.165) is 11.1 Å². The highest BCUT2D eigenvalue weighted by Gasteiger charge is 2.40. The summed E-state index contributed by atoms with van der Waals surface area (Å²) >= 11 is 1.25. The third kappa shape index (κ3) is 4.61. The van der Waals surface area contributed by atoms with E-state index in [1.54, 1.807) is 12.1 Å². The van der Waals surface area contributed by atoms with E-state index in [-0.39, 0.29) is 18.0 Å². The summed E-state index contributed by atoms with van der Waals surface area (Å²) in [5, 5.41) is 12.5. The maximum absolute atomic E-state index is 13.4. The number of carbonyl (C=O) groups excluding carboxylic acids is 2. The number of anilines is 1. The van der Waals surface area contributed by atoms with Crippen LogP contribution >= 0.6 is 11.8 Å². The van der Waals surface area contributed by atoms with Crippen LogP contribution in [0.4, 0.5) is 5.69 Å². The summed E-state index contributed by atoms with van der Waals surface area (Å²) < 4.78 is 5.24. The average molecular weight is 444 g/mol. The van der Waals surface area contributed by atoms with E-state index in [4.69, 9.17) is 4.42 Å². The van der Waals surface area contributed by atoms with E-state index >= 15 is 0 Å². The molecule has 160 valence electrons. The third-order valence-electron chi connectivity index (χ3n) is 5.06. The molecule has 1 fully saturated rings. The van der Waals surface area contributed by atoms with Crippen LogP contribution in [0, 0.1) is 18.3 Å². The zero-order chi connectivity index (χ0) is 22.5. The molecule has 1 saturated heterocycles. The molecule has 0 unspecified atom stereocenters. The number of hydrogen-bond donors (Lipinski definition) is 1. The average Bonchev–Trinajstić information content (AvgIpc) is 3.43. The first kappa shape index (κ1) is 21.5. The summed E-state index contributed by atoms with van der Waals surface area (Å²) in [6.45, 7) is 2.11. The minimum Gasteiger partial charge on any atom is -0.467 e. The van der Waals surface area contributed by atoms with Crippen molar-refractivity contribution >= 4 is 29.3 Å². The molecular formula is C25H21N3O3S. The molecule has 0 saturated carbocycles. The number of aryl methyl sites for hydroxylation is 1. The topological polar surface area (TPSA) is 86.3 Å². The van der Waals surface area contributed by atoms with Crippen molar-refractivity contribution in [3.8, 4) is 6.07 Å². The molecule has 1 aliphatic rings. The number of hydrogen-bond acceptors (Lipinski definition) is 5. The highest BCUT2D eigenvalue weighted by Crippen LogP contribution is 2.41. The summed E-state index contributed by atoms with van der Waals surface area (Å²) in [7, 11) is 0. The predicted octanol–water partition coefficient (Wildman–Crippen LogP) is 4.33. The van der Waals surface area contributed by atoms with Gasteiger partial charge in [-0.15, -0.1) is 0 Å². The molecule has 7 heteroatoms. The van der Waals surface area contributed by atoms with Gasteiger partial charge in [-0.3, -0.25) is 14.5 Å². The Bertz CT molecular complexity index is 1180. The Hall–Kier alpha value is -3.76. The number of nitriles is 1. The molecule has 1 atom stereocenters. The quantitative estimate of drug-likeness (QED) is 0.453. The second kappa shape index (κ2) is 9.58. The van der Waals surface area contributed by atoms with Crippen LogP contribution in [0.15, 0.2) is 88.0 Å². The van der Waals surface area contributed by atoms with Crippen molar-refractivity contribution in [2.24, 2.45) is 0 Å². The van der Waals surface area contributed by atoms with Gasteiger partial charge in [0.25, 0.3) is 5.91 Å². The first-order valence-electron chi connectivity index (χ1n) is 10.1. The van der Waals surface area contributed by atoms with Crippen LogP contribution in [0.2, 0.25) is 0 Å². The van der Waals surface area contributed by atoms with Crippen LogP contribution in [0.1, 0.15) is 16.9 Å². The molecule has 2 aromatic carbocycles. The maximum Gasteiger partial charge on any atom is 0.265 e. The Labute approximate surface area is 190 Å². The highest BCUT2D eigenvalue weighted by atomic mass is 32.2. The van der Waals surface area contributed by atoms with E-state index in [1.165, 1.54) is 22.9 Å². The van der Waals surface area contributed by atoms with Gasteiger partial charge >= 0.3 is 0 Å². The molecule has 0 bridgehead atoms. The lowest BCUT2D eigenvalue weighted by atomic mass is 10.1. The molecule has 0 radical (unpaired) electrons. The molecule has 0 aliphatic carbocycles. The monoisotopic (exact) mass is 443 g/mol. The van der Waals surface area contributed by atoms with Gasteiger partial charge in [-0.25, -0.2) is 0 Å². The minimum atomic E-state index is -0.545.